The molecule has 3 rings (SSSR count). The lowest BCUT2D eigenvalue weighted by molar-refractivity contribution is -0.118. The molecule has 0 bridgehead atoms. The summed E-state index contributed by atoms with van der Waals surface area (Å²) in [4.78, 5) is 19.0. The largest absolute Gasteiger partial charge is 0.333 e. The molecule has 146 valence electrons. The summed E-state index contributed by atoms with van der Waals surface area (Å²) < 4.78 is 2.04. The second-order valence-electron chi connectivity index (χ2n) is 7.14. The van der Waals surface area contributed by atoms with Gasteiger partial charge in [-0.3, -0.25) is 4.79 Å². The van der Waals surface area contributed by atoms with Crippen molar-refractivity contribution in [3.05, 3.63) is 84.4 Å². The van der Waals surface area contributed by atoms with Crippen LogP contribution in [0, 0.1) is 0 Å². The summed E-state index contributed by atoms with van der Waals surface area (Å²) in [6.07, 6.45) is 10.1. The van der Waals surface area contributed by atoms with E-state index in [9.17, 15) is 4.79 Å². The van der Waals surface area contributed by atoms with Gasteiger partial charge in [0.1, 0.15) is 0 Å². The van der Waals surface area contributed by atoms with E-state index in [0.29, 0.717) is 6.42 Å². The topological polar surface area (TPSA) is 38.1 Å². The maximum atomic E-state index is 12.9. The number of aromatic nitrogens is 2. The minimum absolute atomic E-state index is 0.217. The first-order valence-corrected chi connectivity index (χ1v) is 10.1. The number of aryl methyl sites for hydroxylation is 1. The Labute approximate surface area is 167 Å². The standard InChI is InChI=1S/C24H29N3O/c1-2-3-14-24(28)27(16-8-12-21-9-5-4-6-10-21)23-13-7-11-22(18-23)19-26-17-15-25-20-26/h4-7,9-11,13,15,17-18,20H,2-3,8,12,14,16,19H2,1H3. The van der Waals surface area contributed by atoms with Crippen LogP contribution in [0.3, 0.4) is 0 Å². The van der Waals surface area contributed by atoms with Gasteiger partial charge in [0.2, 0.25) is 5.91 Å². The maximum Gasteiger partial charge on any atom is 0.226 e. The zero-order chi connectivity index (χ0) is 19.6. The molecule has 0 unspecified atom stereocenters. The Bertz CT molecular complexity index is 843. The smallest absolute Gasteiger partial charge is 0.226 e. The number of unbranched alkanes of at least 4 members (excludes halogenated alkanes) is 1. The molecule has 0 atom stereocenters. The fourth-order valence-electron chi connectivity index (χ4n) is 3.36. The van der Waals surface area contributed by atoms with Crippen LogP contribution < -0.4 is 4.90 Å². The van der Waals surface area contributed by atoms with Crippen LogP contribution in [0.2, 0.25) is 0 Å². The zero-order valence-corrected chi connectivity index (χ0v) is 16.6. The van der Waals surface area contributed by atoms with E-state index in [1.54, 1.807) is 6.20 Å². The van der Waals surface area contributed by atoms with Gasteiger partial charge in [-0.1, -0.05) is 55.8 Å². The molecule has 0 aliphatic heterocycles. The quantitative estimate of drug-likeness (QED) is 0.495. The van der Waals surface area contributed by atoms with Crippen LogP contribution in [0.4, 0.5) is 5.69 Å². The van der Waals surface area contributed by atoms with E-state index in [0.717, 1.165) is 44.5 Å². The van der Waals surface area contributed by atoms with Gasteiger partial charge in [0.05, 0.1) is 6.33 Å². The van der Waals surface area contributed by atoms with Crippen LogP contribution in [0.5, 0.6) is 0 Å². The lowest BCUT2D eigenvalue weighted by Crippen LogP contribution is -2.32. The van der Waals surface area contributed by atoms with Gasteiger partial charge in [-0.15, -0.1) is 0 Å². The molecule has 1 heterocycles. The van der Waals surface area contributed by atoms with Gasteiger partial charge in [0, 0.05) is 37.6 Å². The number of anilines is 1. The Hall–Kier alpha value is -2.88. The lowest BCUT2D eigenvalue weighted by Gasteiger charge is -2.24. The van der Waals surface area contributed by atoms with Crippen LogP contribution >= 0.6 is 0 Å². The molecule has 3 aromatic rings. The summed E-state index contributed by atoms with van der Waals surface area (Å²) in [6, 6.07) is 18.8. The molecule has 0 radical (unpaired) electrons. The predicted molar refractivity (Wildman–Crippen MR) is 114 cm³/mol. The van der Waals surface area contributed by atoms with Crippen molar-refractivity contribution in [2.75, 3.05) is 11.4 Å². The van der Waals surface area contributed by atoms with Gasteiger partial charge in [0.15, 0.2) is 0 Å². The zero-order valence-electron chi connectivity index (χ0n) is 16.6. The van der Waals surface area contributed by atoms with Crippen molar-refractivity contribution in [3.63, 3.8) is 0 Å². The Morgan fingerprint density at radius 2 is 1.86 bits per heavy atom. The summed E-state index contributed by atoms with van der Waals surface area (Å²) in [5, 5.41) is 0. The normalized spacial score (nSPS) is 10.8. The first-order chi connectivity index (χ1) is 13.8. The van der Waals surface area contributed by atoms with E-state index < -0.39 is 0 Å². The molecule has 1 aromatic heterocycles. The molecule has 0 N–H and O–H groups in total. The molecule has 0 aliphatic carbocycles. The number of carbonyl (C=O) groups excluding carboxylic acids is 1. The fourth-order valence-corrected chi connectivity index (χ4v) is 3.36. The summed E-state index contributed by atoms with van der Waals surface area (Å²) in [7, 11) is 0. The molecular weight excluding hydrogens is 346 g/mol. The van der Waals surface area contributed by atoms with E-state index in [1.807, 2.05) is 40.2 Å². The number of imidazole rings is 1. The molecule has 0 fully saturated rings. The van der Waals surface area contributed by atoms with E-state index in [4.69, 9.17) is 0 Å². The highest BCUT2D eigenvalue weighted by atomic mass is 16.2. The number of amides is 1. The molecule has 0 saturated carbocycles. The highest BCUT2D eigenvalue weighted by Crippen LogP contribution is 2.20. The number of benzene rings is 2. The van der Waals surface area contributed by atoms with Crippen LogP contribution in [-0.2, 0) is 17.8 Å². The van der Waals surface area contributed by atoms with Gasteiger partial charge >= 0.3 is 0 Å². The summed E-state index contributed by atoms with van der Waals surface area (Å²) in [5.74, 6) is 0.217. The maximum absolute atomic E-state index is 12.9. The highest BCUT2D eigenvalue weighted by molar-refractivity contribution is 5.93. The van der Waals surface area contributed by atoms with Crippen molar-refractivity contribution in [2.24, 2.45) is 0 Å². The van der Waals surface area contributed by atoms with Crippen molar-refractivity contribution in [1.82, 2.24) is 9.55 Å². The van der Waals surface area contributed by atoms with Crippen LogP contribution in [0.25, 0.3) is 0 Å². The number of carbonyl (C=O) groups is 1. The Morgan fingerprint density at radius 3 is 2.61 bits per heavy atom. The molecule has 0 spiro atoms. The Kier molecular flexibility index (Phi) is 7.42. The SMILES string of the molecule is CCCCC(=O)N(CCCc1ccccc1)c1cccc(Cn2ccnc2)c1. The molecule has 0 aliphatic rings. The van der Waals surface area contributed by atoms with Gasteiger partial charge in [-0.05, 0) is 42.5 Å². The average Bonchev–Trinajstić information content (AvgIpc) is 3.23. The molecule has 1 amide bonds. The van der Waals surface area contributed by atoms with Gasteiger partial charge < -0.3 is 9.47 Å². The Balaban J connectivity index is 1.71. The van der Waals surface area contributed by atoms with Gasteiger partial charge in [-0.2, -0.15) is 0 Å². The first-order valence-electron chi connectivity index (χ1n) is 10.1. The number of hydrogen-bond acceptors (Lipinski definition) is 2. The molecule has 2 aromatic carbocycles. The molecule has 28 heavy (non-hydrogen) atoms. The summed E-state index contributed by atoms with van der Waals surface area (Å²) in [6.45, 7) is 3.62. The molecule has 0 saturated heterocycles. The third kappa shape index (κ3) is 5.81. The van der Waals surface area contributed by atoms with Crippen LogP contribution in [-0.4, -0.2) is 22.0 Å². The van der Waals surface area contributed by atoms with Crippen molar-refractivity contribution in [1.29, 1.82) is 0 Å². The average molecular weight is 376 g/mol. The first kappa shape index (κ1) is 19.9. The van der Waals surface area contributed by atoms with E-state index in [2.05, 4.69) is 48.3 Å². The number of nitrogens with zero attached hydrogens (tertiary/aromatic N) is 3. The molecule has 4 nitrogen and oxygen atoms in total. The third-order valence-corrected chi connectivity index (χ3v) is 4.88. The highest BCUT2D eigenvalue weighted by Gasteiger charge is 2.15. The van der Waals surface area contributed by atoms with Crippen molar-refractivity contribution < 1.29 is 4.79 Å². The van der Waals surface area contributed by atoms with Gasteiger partial charge in [-0.25, -0.2) is 4.98 Å². The predicted octanol–water partition coefficient (Wildman–Crippen LogP) is 5.09. The van der Waals surface area contributed by atoms with Gasteiger partial charge in [0.25, 0.3) is 0 Å². The summed E-state index contributed by atoms with van der Waals surface area (Å²) >= 11 is 0. The van der Waals surface area contributed by atoms with Crippen LogP contribution in [0.1, 0.15) is 43.7 Å². The second kappa shape index (κ2) is 10.5. The molecule has 4 heteroatoms. The second-order valence-corrected chi connectivity index (χ2v) is 7.14. The Morgan fingerprint density at radius 1 is 1.04 bits per heavy atom. The van der Waals surface area contributed by atoms with Crippen molar-refractivity contribution in [2.45, 2.75) is 45.6 Å². The van der Waals surface area contributed by atoms with Crippen LogP contribution in [0.15, 0.2) is 73.3 Å². The monoisotopic (exact) mass is 375 g/mol. The number of hydrogen-bond donors (Lipinski definition) is 0. The third-order valence-electron chi connectivity index (χ3n) is 4.88. The lowest BCUT2D eigenvalue weighted by atomic mass is 10.1. The van der Waals surface area contributed by atoms with E-state index in [1.165, 1.54) is 11.1 Å². The minimum atomic E-state index is 0.217. The summed E-state index contributed by atoms with van der Waals surface area (Å²) in [5.41, 5.74) is 3.48. The van der Waals surface area contributed by atoms with Crippen molar-refractivity contribution in [3.8, 4) is 0 Å². The van der Waals surface area contributed by atoms with E-state index >= 15 is 0 Å². The van der Waals surface area contributed by atoms with Crippen molar-refractivity contribution >= 4 is 11.6 Å². The molecular formula is C24H29N3O. The number of rotatable bonds is 10. The minimum Gasteiger partial charge on any atom is -0.333 e. The fraction of sp³-hybridized carbons (Fsp3) is 0.333. The van der Waals surface area contributed by atoms with E-state index in [-0.39, 0.29) is 5.91 Å².